The molecular weight excluding hydrogens is 386 g/mol. The van der Waals surface area contributed by atoms with Crippen LogP contribution >= 0.6 is 0 Å². The number of piperidine rings is 1. The van der Waals surface area contributed by atoms with Gasteiger partial charge >= 0.3 is 0 Å². The lowest BCUT2D eigenvalue weighted by Crippen LogP contribution is -2.42. The molecule has 2 heterocycles. The monoisotopic (exact) mass is 417 g/mol. The van der Waals surface area contributed by atoms with Gasteiger partial charge in [0.05, 0.1) is 12.2 Å². The zero-order valence-electron chi connectivity index (χ0n) is 18.0. The van der Waals surface area contributed by atoms with Crippen molar-refractivity contribution in [2.45, 2.75) is 40.0 Å². The summed E-state index contributed by atoms with van der Waals surface area (Å²) in [6, 6.07) is 3.25. The van der Waals surface area contributed by atoms with Crippen molar-refractivity contribution in [2.24, 2.45) is 11.8 Å². The van der Waals surface area contributed by atoms with E-state index in [4.69, 9.17) is 9.47 Å². The molecule has 0 spiro atoms. The highest BCUT2D eigenvalue weighted by Crippen LogP contribution is 2.37. The topological polar surface area (TPSA) is 97.0 Å². The van der Waals surface area contributed by atoms with Gasteiger partial charge in [0.15, 0.2) is 17.3 Å². The number of likely N-dealkylation sites (tertiary alicyclic amines) is 1. The van der Waals surface area contributed by atoms with E-state index < -0.39 is 0 Å². The fourth-order valence-electron chi connectivity index (χ4n) is 3.78. The number of carbonyl (C=O) groups excluding carboxylic acids is 3. The second-order valence-electron chi connectivity index (χ2n) is 8.48. The van der Waals surface area contributed by atoms with Gasteiger partial charge in [0.2, 0.25) is 18.6 Å². The quantitative estimate of drug-likeness (QED) is 0.631. The molecule has 0 aromatic heterocycles. The maximum atomic E-state index is 12.6. The lowest BCUT2D eigenvalue weighted by Gasteiger charge is -2.31. The average molecular weight is 418 g/mol. The average Bonchev–Trinajstić information content (AvgIpc) is 3.13. The Morgan fingerprint density at radius 2 is 1.77 bits per heavy atom. The minimum absolute atomic E-state index is 0.108. The Bertz CT molecular complexity index is 800. The van der Waals surface area contributed by atoms with Crippen molar-refractivity contribution >= 4 is 23.3 Å². The highest BCUT2D eigenvalue weighted by atomic mass is 16.7. The Labute approximate surface area is 177 Å². The van der Waals surface area contributed by atoms with Crippen LogP contribution < -0.4 is 20.1 Å². The van der Waals surface area contributed by atoms with Crippen molar-refractivity contribution in [3.8, 4) is 11.5 Å². The molecule has 1 saturated heterocycles. The molecule has 2 N–H and O–H groups in total. The van der Waals surface area contributed by atoms with E-state index in [1.807, 2.05) is 13.8 Å². The van der Waals surface area contributed by atoms with Crippen LogP contribution in [0, 0.1) is 11.8 Å². The number of ether oxygens (including phenoxy) is 2. The van der Waals surface area contributed by atoms with Gasteiger partial charge in [-0.05, 0) is 50.8 Å². The number of amides is 2. The van der Waals surface area contributed by atoms with E-state index in [2.05, 4.69) is 15.5 Å². The van der Waals surface area contributed by atoms with Crippen LogP contribution in [0.2, 0.25) is 0 Å². The van der Waals surface area contributed by atoms with E-state index >= 15 is 0 Å². The number of nitrogens with one attached hydrogen (secondary N) is 2. The molecule has 2 aliphatic rings. The summed E-state index contributed by atoms with van der Waals surface area (Å²) in [6.07, 6.45) is 2.44. The van der Waals surface area contributed by atoms with Gasteiger partial charge in [-0.3, -0.25) is 19.3 Å². The molecule has 1 aromatic rings. The number of anilines is 1. The van der Waals surface area contributed by atoms with Crippen molar-refractivity contribution in [1.82, 2.24) is 10.2 Å². The molecule has 2 aliphatic heterocycles. The Balaban J connectivity index is 1.47. The van der Waals surface area contributed by atoms with Crippen molar-refractivity contribution in [1.29, 1.82) is 0 Å². The van der Waals surface area contributed by atoms with Gasteiger partial charge in [-0.25, -0.2) is 0 Å². The minimum atomic E-state index is -0.167. The lowest BCUT2D eigenvalue weighted by atomic mass is 9.96. The first-order chi connectivity index (χ1) is 14.3. The van der Waals surface area contributed by atoms with Gasteiger partial charge in [0.25, 0.3) is 0 Å². The van der Waals surface area contributed by atoms with Crippen molar-refractivity contribution in [2.75, 3.05) is 38.3 Å². The normalized spacial score (nSPS) is 16.5. The number of carbonyl (C=O) groups is 3. The fourth-order valence-corrected chi connectivity index (χ4v) is 3.78. The Hall–Kier alpha value is -2.61. The smallest absolute Gasteiger partial charge is 0.238 e. The van der Waals surface area contributed by atoms with Crippen LogP contribution in [0.15, 0.2) is 12.1 Å². The number of Topliss-reactive ketones (excluding diaryl/α,β-unsaturated/α-hetero) is 1. The van der Waals surface area contributed by atoms with Crippen molar-refractivity contribution < 1.29 is 23.9 Å². The second-order valence-corrected chi connectivity index (χ2v) is 8.48. The number of fused-ring (bicyclic) bond motifs is 1. The van der Waals surface area contributed by atoms with E-state index in [0.29, 0.717) is 47.6 Å². The van der Waals surface area contributed by atoms with E-state index in [1.54, 1.807) is 12.1 Å². The highest BCUT2D eigenvalue weighted by Gasteiger charge is 2.23. The summed E-state index contributed by atoms with van der Waals surface area (Å²) in [5, 5.41) is 5.86. The molecule has 0 saturated carbocycles. The third-order valence-electron chi connectivity index (χ3n) is 5.42. The first-order valence-corrected chi connectivity index (χ1v) is 10.5. The van der Waals surface area contributed by atoms with Crippen LogP contribution in [0.25, 0.3) is 0 Å². The molecule has 2 amide bonds. The van der Waals surface area contributed by atoms with Gasteiger partial charge in [0.1, 0.15) is 0 Å². The molecular formula is C22H31N3O5. The van der Waals surface area contributed by atoms with Crippen molar-refractivity contribution in [3.63, 3.8) is 0 Å². The van der Waals surface area contributed by atoms with Gasteiger partial charge in [-0.1, -0.05) is 13.8 Å². The first kappa shape index (κ1) is 22.1. The molecule has 3 rings (SSSR count). The summed E-state index contributed by atoms with van der Waals surface area (Å²) in [5.74, 6) is 1.63. The molecule has 164 valence electrons. The van der Waals surface area contributed by atoms with Crippen molar-refractivity contribution in [3.05, 3.63) is 17.7 Å². The van der Waals surface area contributed by atoms with E-state index in [9.17, 15) is 14.4 Å². The standard InChI is InChI=1S/C22H31N3O5/c1-14(2)8-21(27)23-11-16-4-6-25(7-5-16)12-22(28)24-18-10-20-19(29-13-30-20)9-17(18)15(3)26/h9-10,14,16H,4-8,11-13H2,1-3H3,(H,23,27)(H,24,28). The largest absolute Gasteiger partial charge is 0.454 e. The third kappa shape index (κ3) is 5.95. The Morgan fingerprint density at radius 1 is 1.10 bits per heavy atom. The van der Waals surface area contributed by atoms with E-state index in [-0.39, 0.29) is 30.9 Å². The molecule has 0 atom stereocenters. The molecule has 0 radical (unpaired) electrons. The minimum Gasteiger partial charge on any atom is -0.454 e. The first-order valence-electron chi connectivity index (χ1n) is 10.5. The fraction of sp³-hybridized carbons (Fsp3) is 0.591. The van der Waals surface area contributed by atoms with Gasteiger partial charge < -0.3 is 20.1 Å². The molecule has 0 unspecified atom stereocenters. The molecule has 8 heteroatoms. The third-order valence-corrected chi connectivity index (χ3v) is 5.42. The number of hydrogen-bond acceptors (Lipinski definition) is 6. The Morgan fingerprint density at radius 3 is 2.40 bits per heavy atom. The van der Waals surface area contributed by atoms with Crippen LogP contribution in [-0.4, -0.2) is 55.5 Å². The summed E-state index contributed by atoms with van der Waals surface area (Å²) in [7, 11) is 0. The molecule has 30 heavy (non-hydrogen) atoms. The maximum Gasteiger partial charge on any atom is 0.238 e. The molecule has 1 aromatic carbocycles. The summed E-state index contributed by atoms with van der Waals surface area (Å²) in [6.45, 7) is 8.20. The number of ketones is 1. The second kappa shape index (κ2) is 9.93. The van der Waals surface area contributed by atoms with E-state index in [0.717, 1.165) is 25.9 Å². The van der Waals surface area contributed by atoms with Gasteiger partial charge in [0, 0.05) is 24.6 Å². The molecule has 1 fully saturated rings. The lowest BCUT2D eigenvalue weighted by molar-refractivity contribution is -0.122. The predicted molar refractivity (Wildman–Crippen MR) is 113 cm³/mol. The van der Waals surface area contributed by atoms with Gasteiger partial charge in [-0.2, -0.15) is 0 Å². The number of hydrogen-bond donors (Lipinski definition) is 2. The van der Waals surface area contributed by atoms with Crippen LogP contribution in [0.4, 0.5) is 5.69 Å². The molecule has 0 bridgehead atoms. The van der Waals surface area contributed by atoms with Crippen LogP contribution in [-0.2, 0) is 9.59 Å². The maximum absolute atomic E-state index is 12.6. The summed E-state index contributed by atoms with van der Waals surface area (Å²) in [4.78, 5) is 38.4. The number of nitrogens with zero attached hydrogens (tertiary/aromatic N) is 1. The SMILES string of the molecule is CC(=O)c1cc2c(cc1NC(=O)CN1CCC(CNC(=O)CC(C)C)CC1)OCO2. The van der Waals surface area contributed by atoms with Gasteiger partial charge in [-0.15, -0.1) is 0 Å². The summed E-state index contributed by atoms with van der Waals surface area (Å²) in [5.41, 5.74) is 0.850. The molecule has 0 aliphatic carbocycles. The summed E-state index contributed by atoms with van der Waals surface area (Å²) < 4.78 is 10.7. The number of rotatable bonds is 8. The van der Waals surface area contributed by atoms with E-state index in [1.165, 1.54) is 6.92 Å². The van der Waals surface area contributed by atoms with Crippen LogP contribution in [0.3, 0.4) is 0 Å². The predicted octanol–water partition coefficient (Wildman–Crippen LogP) is 2.43. The Kier molecular flexibility index (Phi) is 7.31. The van der Waals surface area contributed by atoms with Crippen LogP contribution in [0.1, 0.15) is 50.4 Å². The summed E-state index contributed by atoms with van der Waals surface area (Å²) >= 11 is 0. The highest BCUT2D eigenvalue weighted by molar-refractivity contribution is 6.05. The molecule has 8 nitrogen and oxygen atoms in total. The van der Waals surface area contributed by atoms with Crippen LogP contribution in [0.5, 0.6) is 11.5 Å². The number of benzene rings is 1. The zero-order chi connectivity index (χ0) is 21.7. The zero-order valence-corrected chi connectivity index (χ0v) is 18.0.